The summed E-state index contributed by atoms with van der Waals surface area (Å²) >= 11 is 0. The Morgan fingerprint density at radius 3 is 2.67 bits per heavy atom. The van der Waals surface area contributed by atoms with Crippen LogP contribution in [0.5, 0.6) is 0 Å². The Morgan fingerprint density at radius 2 is 2.07 bits per heavy atom. The first-order chi connectivity index (χ1) is 7.35. The highest BCUT2D eigenvalue weighted by molar-refractivity contribution is 4.87. The van der Waals surface area contributed by atoms with Crippen molar-refractivity contribution >= 4 is 0 Å². The first-order valence-corrected chi connectivity index (χ1v) is 6.40. The van der Waals surface area contributed by atoms with Gasteiger partial charge in [-0.05, 0) is 32.2 Å². The van der Waals surface area contributed by atoms with Crippen LogP contribution < -0.4 is 10.6 Å². The zero-order chi connectivity index (χ0) is 10.6. The highest BCUT2D eigenvalue weighted by atomic mass is 16.3. The molecule has 1 aliphatic carbocycles. The molecule has 0 radical (unpaired) electrons. The van der Waals surface area contributed by atoms with Crippen molar-refractivity contribution in [1.82, 2.24) is 10.6 Å². The second kappa shape index (κ2) is 5.28. The van der Waals surface area contributed by atoms with Crippen LogP contribution in [0.4, 0.5) is 0 Å². The van der Waals surface area contributed by atoms with Crippen LogP contribution in [0.3, 0.4) is 0 Å². The van der Waals surface area contributed by atoms with Crippen LogP contribution >= 0.6 is 0 Å². The van der Waals surface area contributed by atoms with E-state index in [2.05, 4.69) is 10.6 Å². The molecule has 2 fully saturated rings. The molecule has 0 aromatic heterocycles. The lowest BCUT2D eigenvalue weighted by molar-refractivity contribution is 0.128. The fourth-order valence-electron chi connectivity index (χ4n) is 2.96. The molecule has 1 saturated carbocycles. The van der Waals surface area contributed by atoms with Gasteiger partial charge < -0.3 is 15.7 Å². The maximum atomic E-state index is 9.45. The van der Waals surface area contributed by atoms with Crippen LogP contribution in [0.2, 0.25) is 0 Å². The molecule has 15 heavy (non-hydrogen) atoms. The van der Waals surface area contributed by atoms with Crippen LogP contribution in [-0.2, 0) is 0 Å². The van der Waals surface area contributed by atoms with Gasteiger partial charge in [0.15, 0.2) is 0 Å². The molecule has 0 aromatic carbocycles. The fraction of sp³-hybridized carbons (Fsp3) is 1.00. The summed E-state index contributed by atoms with van der Waals surface area (Å²) in [5.41, 5.74) is 0.207. The summed E-state index contributed by atoms with van der Waals surface area (Å²) in [6.07, 6.45) is 7.62. The minimum absolute atomic E-state index is 0.207. The SMILES string of the molecule is OCC1(CNCC2CCCN2)CCCC1. The van der Waals surface area contributed by atoms with Gasteiger partial charge in [0.25, 0.3) is 0 Å². The average Bonchev–Trinajstić information content (AvgIpc) is 2.89. The van der Waals surface area contributed by atoms with Gasteiger partial charge in [0.2, 0.25) is 0 Å². The topological polar surface area (TPSA) is 44.3 Å². The Hall–Kier alpha value is -0.120. The van der Waals surface area contributed by atoms with E-state index < -0.39 is 0 Å². The van der Waals surface area contributed by atoms with Gasteiger partial charge in [-0.3, -0.25) is 0 Å². The van der Waals surface area contributed by atoms with E-state index in [0.717, 1.165) is 13.1 Å². The lowest BCUT2D eigenvalue weighted by atomic mass is 9.87. The Bertz CT molecular complexity index is 184. The summed E-state index contributed by atoms with van der Waals surface area (Å²) in [4.78, 5) is 0. The highest BCUT2D eigenvalue weighted by Gasteiger charge is 2.32. The van der Waals surface area contributed by atoms with Crippen molar-refractivity contribution in [3.63, 3.8) is 0 Å². The van der Waals surface area contributed by atoms with Gasteiger partial charge in [0, 0.05) is 31.2 Å². The third kappa shape index (κ3) is 2.92. The summed E-state index contributed by atoms with van der Waals surface area (Å²) in [7, 11) is 0. The van der Waals surface area contributed by atoms with Crippen LogP contribution in [0.1, 0.15) is 38.5 Å². The lowest BCUT2D eigenvalue weighted by Crippen LogP contribution is -2.41. The molecule has 2 aliphatic rings. The highest BCUT2D eigenvalue weighted by Crippen LogP contribution is 2.36. The molecular formula is C12H24N2O. The number of rotatable bonds is 5. The third-order valence-corrected chi connectivity index (χ3v) is 4.05. The molecule has 0 aromatic rings. The van der Waals surface area contributed by atoms with E-state index in [1.54, 1.807) is 0 Å². The predicted octanol–water partition coefficient (Wildman–Crippen LogP) is 0.881. The average molecular weight is 212 g/mol. The van der Waals surface area contributed by atoms with Gasteiger partial charge >= 0.3 is 0 Å². The minimum Gasteiger partial charge on any atom is -0.396 e. The van der Waals surface area contributed by atoms with Crippen molar-refractivity contribution in [1.29, 1.82) is 0 Å². The second-order valence-electron chi connectivity index (χ2n) is 5.29. The molecule has 1 aliphatic heterocycles. The Balaban J connectivity index is 1.67. The normalized spacial score (nSPS) is 29.8. The van der Waals surface area contributed by atoms with Crippen LogP contribution in [0.15, 0.2) is 0 Å². The van der Waals surface area contributed by atoms with Crippen LogP contribution in [-0.4, -0.2) is 37.4 Å². The summed E-state index contributed by atoms with van der Waals surface area (Å²) < 4.78 is 0. The molecule has 0 bridgehead atoms. The van der Waals surface area contributed by atoms with Crippen molar-refractivity contribution in [2.75, 3.05) is 26.2 Å². The maximum Gasteiger partial charge on any atom is 0.0499 e. The number of aliphatic hydroxyl groups is 1. The van der Waals surface area contributed by atoms with E-state index in [4.69, 9.17) is 0 Å². The largest absolute Gasteiger partial charge is 0.396 e. The summed E-state index contributed by atoms with van der Waals surface area (Å²) in [5, 5.41) is 16.5. The predicted molar refractivity (Wildman–Crippen MR) is 61.9 cm³/mol. The van der Waals surface area contributed by atoms with Crippen molar-refractivity contribution in [2.24, 2.45) is 5.41 Å². The molecule has 1 saturated heterocycles. The van der Waals surface area contributed by atoms with Gasteiger partial charge in [0.1, 0.15) is 0 Å². The molecule has 88 valence electrons. The third-order valence-electron chi connectivity index (χ3n) is 4.05. The van der Waals surface area contributed by atoms with Crippen LogP contribution in [0.25, 0.3) is 0 Å². The van der Waals surface area contributed by atoms with E-state index in [9.17, 15) is 5.11 Å². The van der Waals surface area contributed by atoms with E-state index in [1.807, 2.05) is 0 Å². The molecule has 2 rings (SSSR count). The molecule has 1 heterocycles. The number of hydrogen-bond acceptors (Lipinski definition) is 3. The number of aliphatic hydroxyl groups excluding tert-OH is 1. The molecule has 0 amide bonds. The van der Waals surface area contributed by atoms with E-state index >= 15 is 0 Å². The molecule has 3 N–H and O–H groups in total. The molecule has 3 heteroatoms. The molecule has 1 atom stereocenters. The standard InChI is InChI=1S/C12H24N2O/c15-10-12(5-1-2-6-12)9-13-8-11-4-3-7-14-11/h11,13-15H,1-10H2. The van der Waals surface area contributed by atoms with Gasteiger partial charge in [0.05, 0.1) is 0 Å². The lowest BCUT2D eigenvalue weighted by Gasteiger charge is -2.27. The smallest absolute Gasteiger partial charge is 0.0499 e. The van der Waals surface area contributed by atoms with Crippen LogP contribution in [0, 0.1) is 5.41 Å². The summed E-state index contributed by atoms with van der Waals surface area (Å²) in [5.74, 6) is 0. The molecule has 0 spiro atoms. The van der Waals surface area contributed by atoms with E-state index in [0.29, 0.717) is 12.6 Å². The first-order valence-electron chi connectivity index (χ1n) is 6.40. The summed E-state index contributed by atoms with van der Waals surface area (Å²) in [6, 6.07) is 0.669. The van der Waals surface area contributed by atoms with Gasteiger partial charge in [-0.1, -0.05) is 12.8 Å². The van der Waals surface area contributed by atoms with Crippen molar-refractivity contribution in [2.45, 2.75) is 44.6 Å². The quantitative estimate of drug-likeness (QED) is 0.634. The first kappa shape index (κ1) is 11.4. The van der Waals surface area contributed by atoms with E-state index in [1.165, 1.54) is 45.1 Å². The van der Waals surface area contributed by atoms with E-state index in [-0.39, 0.29) is 5.41 Å². The van der Waals surface area contributed by atoms with Crippen molar-refractivity contribution < 1.29 is 5.11 Å². The van der Waals surface area contributed by atoms with Crippen molar-refractivity contribution in [3.05, 3.63) is 0 Å². The van der Waals surface area contributed by atoms with Crippen molar-refractivity contribution in [3.8, 4) is 0 Å². The molecule has 1 unspecified atom stereocenters. The minimum atomic E-state index is 0.207. The number of hydrogen-bond donors (Lipinski definition) is 3. The summed E-state index contributed by atoms with van der Waals surface area (Å²) in [6.45, 7) is 3.61. The molecular weight excluding hydrogens is 188 g/mol. The maximum absolute atomic E-state index is 9.45. The zero-order valence-corrected chi connectivity index (χ0v) is 9.60. The van der Waals surface area contributed by atoms with Gasteiger partial charge in [-0.25, -0.2) is 0 Å². The van der Waals surface area contributed by atoms with Gasteiger partial charge in [-0.2, -0.15) is 0 Å². The zero-order valence-electron chi connectivity index (χ0n) is 9.60. The fourth-order valence-corrected chi connectivity index (χ4v) is 2.96. The molecule has 3 nitrogen and oxygen atoms in total. The Kier molecular flexibility index (Phi) is 4.00. The van der Waals surface area contributed by atoms with Gasteiger partial charge in [-0.15, -0.1) is 0 Å². The number of nitrogens with one attached hydrogen (secondary N) is 2. The monoisotopic (exact) mass is 212 g/mol. The Morgan fingerprint density at radius 1 is 1.27 bits per heavy atom. The second-order valence-corrected chi connectivity index (χ2v) is 5.29. The Labute approximate surface area is 92.6 Å².